The van der Waals surface area contributed by atoms with Gasteiger partial charge in [-0.15, -0.1) is 0 Å². The lowest BCUT2D eigenvalue weighted by molar-refractivity contribution is 0.143. The normalized spacial score (nSPS) is 16.8. The van der Waals surface area contributed by atoms with Gasteiger partial charge in [0.15, 0.2) is 0 Å². The quantitative estimate of drug-likeness (QED) is 0.792. The minimum absolute atomic E-state index is 0.259. The summed E-state index contributed by atoms with van der Waals surface area (Å²) in [4.78, 5) is 0. The largest absolute Gasteiger partial charge is 0.393 e. The first-order chi connectivity index (χ1) is 8.06. The van der Waals surface area contributed by atoms with E-state index in [1.54, 1.807) is 0 Å². The molecule has 3 unspecified atom stereocenters. The fraction of sp³-hybridized carbons (Fsp3) is 0.786. The minimum Gasteiger partial charge on any atom is -0.393 e. The van der Waals surface area contributed by atoms with Crippen LogP contribution in [0.4, 0.5) is 0 Å². The summed E-state index contributed by atoms with van der Waals surface area (Å²) in [5.74, 6) is 0.585. The van der Waals surface area contributed by atoms with Crippen molar-refractivity contribution in [1.29, 1.82) is 0 Å². The number of hydrogen-bond donors (Lipinski definition) is 1. The third-order valence-electron chi connectivity index (χ3n) is 3.52. The number of rotatable bonds is 7. The van der Waals surface area contributed by atoms with Crippen LogP contribution >= 0.6 is 0 Å². The lowest BCUT2D eigenvalue weighted by Crippen LogP contribution is -2.15. The lowest BCUT2D eigenvalue weighted by atomic mass is 9.98. The van der Waals surface area contributed by atoms with Crippen LogP contribution in [0, 0.1) is 5.92 Å². The summed E-state index contributed by atoms with van der Waals surface area (Å²) in [6.45, 7) is 8.66. The second kappa shape index (κ2) is 6.80. The van der Waals surface area contributed by atoms with Crippen LogP contribution in [0.1, 0.15) is 58.7 Å². The van der Waals surface area contributed by atoms with Crippen LogP contribution < -0.4 is 0 Å². The Morgan fingerprint density at radius 2 is 2.00 bits per heavy atom. The van der Waals surface area contributed by atoms with Crippen molar-refractivity contribution in [3.63, 3.8) is 0 Å². The van der Waals surface area contributed by atoms with E-state index in [1.165, 1.54) is 0 Å². The summed E-state index contributed by atoms with van der Waals surface area (Å²) in [6, 6.07) is 2.46. The second-order valence-corrected chi connectivity index (χ2v) is 5.15. The van der Waals surface area contributed by atoms with Gasteiger partial charge in [0, 0.05) is 18.7 Å². The third-order valence-corrected chi connectivity index (χ3v) is 3.52. The molecule has 0 aliphatic carbocycles. The Morgan fingerprint density at radius 3 is 2.59 bits per heavy atom. The van der Waals surface area contributed by atoms with Crippen LogP contribution in [-0.4, -0.2) is 21.0 Å². The Labute approximate surface area is 105 Å². The van der Waals surface area contributed by atoms with Crippen LogP contribution in [0.3, 0.4) is 0 Å². The number of nitrogens with zero attached hydrogens (tertiary/aromatic N) is 2. The highest BCUT2D eigenvalue weighted by Gasteiger charge is 2.12. The minimum atomic E-state index is -0.259. The molecule has 3 heteroatoms. The molecule has 0 saturated heterocycles. The predicted octanol–water partition coefficient (Wildman–Crippen LogP) is 3.19. The SMILES string of the molecule is CCC(C)CC(O)Cc1ccn(C(C)CC)n1. The van der Waals surface area contributed by atoms with E-state index in [1.807, 2.05) is 16.9 Å². The molecule has 0 amide bonds. The third kappa shape index (κ3) is 4.50. The van der Waals surface area contributed by atoms with Crippen molar-refractivity contribution < 1.29 is 5.11 Å². The molecule has 0 fully saturated rings. The molecule has 0 aliphatic heterocycles. The van der Waals surface area contributed by atoms with Crippen molar-refractivity contribution in [3.8, 4) is 0 Å². The van der Waals surface area contributed by atoms with Crippen LogP contribution in [-0.2, 0) is 6.42 Å². The van der Waals surface area contributed by atoms with Gasteiger partial charge < -0.3 is 5.11 Å². The Morgan fingerprint density at radius 1 is 1.29 bits per heavy atom. The fourth-order valence-corrected chi connectivity index (χ4v) is 1.87. The van der Waals surface area contributed by atoms with Gasteiger partial charge in [-0.2, -0.15) is 5.10 Å². The summed E-state index contributed by atoms with van der Waals surface area (Å²) in [5.41, 5.74) is 1.00. The van der Waals surface area contributed by atoms with Gasteiger partial charge in [0.05, 0.1) is 11.8 Å². The Kier molecular flexibility index (Phi) is 5.69. The van der Waals surface area contributed by atoms with Gasteiger partial charge in [0.25, 0.3) is 0 Å². The lowest BCUT2D eigenvalue weighted by Gasteiger charge is -2.14. The summed E-state index contributed by atoms with van der Waals surface area (Å²) in [6.07, 6.45) is 5.50. The van der Waals surface area contributed by atoms with Gasteiger partial charge in [-0.05, 0) is 31.7 Å². The molecule has 1 N–H and O–H groups in total. The van der Waals surface area contributed by atoms with Crippen LogP contribution in [0.5, 0.6) is 0 Å². The first-order valence-electron chi connectivity index (χ1n) is 6.78. The maximum atomic E-state index is 9.96. The standard InChI is InChI=1S/C14H26N2O/c1-5-11(3)9-14(17)10-13-7-8-16(15-13)12(4)6-2/h7-8,11-12,14,17H,5-6,9-10H2,1-4H3. The van der Waals surface area contributed by atoms with Crippen molar-refractivity contribution in [3.05, 3.63) is 18.0 Å². The van der Waals surface area contributed by atoms with Crippen molar-refractivity contribution >= 4 is 0 Å². The number of aromatic nitrogens is 2. The molecule has 0 aromatic carbocycles. The number of aliphatic hydroxyl groups excluding tert-OH is 1. The smallest absolute Gasteiger partial charge is 0.0650 e. The molecule has 17 heavy (non-hydrogen) atoms. The van der Waals surface area contributed by atoms with Gasteiger partial charge in [0.1, 0.15) is 0 Å². The van der Waals surface area contributed by atoms with Gasteiger partial charge in [-0.1, -0.05) is 27.2 Å². The van der Waals surface area contributed by atoms with E-state index in [-0.39, 0.29) is 6.10 Å². The molecule has 0 radical (unpaired) electrons. The second-order valence-electron chi connectivity index (χ2n) is 5.15. The molecule has 3 nitrogen and oxygen atoms in total. The zero-order valence-electron chi connectivity index (χ0n) is 11.6. The Balaban J connectivity index is 2.48. The topological polar surface area (TPSA) is 38.0 Å². The molecule has 3 atom stereocenters. The molecule has 0 aliphatic rings. The van der Waals surface area contributed by atoms with E-state index in [4.69, 9.17) is 0 Å². The van der Waals surface area contributed by atoms with Gasteiger partial charge in [-0.3, -0.25) is 4.68 Å². The molecular formula is C14H26N2O. The van der Waals surface area contributed by atoms with Crippen molar-refractivity contribution in [2.45, 2.75) is 65.5 Å². The molecule has 0 bridgehead atoms. The molecule has 0 saturated carbocycles. The average molecular weight is 238 g/mol. The molecule has 1 aromatic heterocycles. The highest BCUT2D eigenvalue weighted by atomic mass is 16.3. The summed E-state index contributed by atoms with van der Waals surface area (Å²) >= 11 is 0. The van der Waals surface area contributed by atoms with Gasteiger partial charge >= 0.3 is 0 Å². The molecule has 0 spiro atoms. The fourth-order valence-electron chi connectivity index (χ4n) is 1.87. The maximum absolute atomic E-state index is 9.96. The highest BCUT2D eigenvalue weighted by Crippen LogP contribution is 2.14. The van der Waals surface area contributed by atoms with E-state index in [9.17, 15) is 5.11 Å². The Bertz CT molecular complexity index is 322. The van der Waals surface area contributed by atoms with E-state index < -0.39 is 0 Å². The van der Waals surface area contributed by atoms with Crippen LogP contribution in [0.2, 0.25) is 0 Å². The summed E-state index contributed by atoms with van der Waals surface area (Å²) in [7, 11) is 0. The molecule has 1 rings (SSSR count). The zero-order chi connectivity index (χ0) is 12.8. The molecular weight excluding hydrogens is 212 g/mol. The average Bonchev–Trinajstić information content (AvgIpc) is 2.76. The van der Waals surface area contributed by atoms with Crippen LogP contribution in [0.25, 0.3) is 0 Å². The van der Waals surface area contributed by atoms with Crippen LogP contribution in [0.15, 0.2) is 12.3 Å². The summed E-state index contributed by atoms with van der Waals surface area (Å²) in [5, 5.41) is 14.5. The van der Waals surface area contributed by atoms with Crippen molar-refractivity contribution in [2.24, 2.45) is 5.92 Å². The predicted molar refractivity (Wildman–Crippen MR) is 71.0 cm³/mol. The molecule has 1 heterocycles. The molecule has 98 valence electrons. The van der Waals surface area contributed by atoms with Gasteiger partial charge in [-0.25, -0.2) is 0 Å². The zero-order valence-corrected chi connectivity index (χ0v) is 11.6. The van der Waals surface area contributed by atoms with E-state index in [2.05, 4.69) is 32.8 Å². The van der Waals surface area contributed by atoms with E-state index in [0.717, 1.165) is 25.0 Å². The Hall–Kier alpha value is -0.830. The van der Waals surface area contributed by atoms with E-state index in [0.29, 0.717) is 18.4 Å². The number of aliphatic hydroxyl groups is 1. The van der Waals surface area contributed by atoms with Crippen molar-refractivity contribution in [2.75, 3.05) is 0 Å². The van der Waals surface area contributed by atoms with E-state index >= 15 is 0 Å². The monoisotopic (exact) mass is 238 g/mol. The number of hydrogen-bond acceptors (Lipinski definition) is 2. The first-order valence-corrected chi connectivity index (χ1v) is 6.78. The summed E-state index contributed by atoms with van der Waals surface area (Å²) < 4.78 is 1.99. The molecule has 1 aromatic rings. The highest BCUT2D eigenvalue weighted by molar-refractivity contribution is 5.01. The maximum Gasteiger partial charge on any atom is 0.0650 e. The van der Waals surface area contributed by atoms with Gasteiger partial charge in [0.2, 0.25) is 0 Å². The first kappa shape index (κ1) is 14.2. The van der Waals surface area contributed by atoms with Crippen molar-refractivity contribution in [1.82, 2.24) is 9.78 Å².